The number of hydrogen-bond acceptors (Lipinski definition) is 8. The Kier molecular flexibility index (Phi) is 12.9. The summed E-state index contributed by atoms with van der Waals surface area (Å²) in [5.41, 5.74) is 1.15. The number of nitrogens with zero attached hydrogens (tertiary/aromatic N) is 2. The van der Waals surface area contributed by atoms with Crippen molar-refractivity contribution >= 4 is 29.4 Å². The fourth-order valence-electron chi connectivity index (χ4n) is 3.77. The summed E-state index contributed by atoms with van der Waals surface area (Å²) in [6, 6.07) is 8.49. The number of aromatic hydroxyl groups is 1. The summed E-state index contributed by atoms with van der Waals surface area (Å²) in [6.07, 6.45) is 9.59. The van der Waals surface area contributed by atoms with Crippen LogP contribution in [0.1, 0.15) is 36.9 Å². The minimum atomic E-state index is -0.601. The Labute approximate surface area is 240 Å². The van der Waals surface area contributed by atoms with Gasteiger partial charge in [-0.25, -0.2) is 0 Å². The highest BCUT2D eigenvalue weighted by Crippen LogP contribution is 2.30. The predicted octanol–water partition coefficient (Wildman–Crippen LogP) is 4.36. The van der Waals surface area contributed by atoms with Crippen LogP contribution in [0.3, 0.4) is 0 Å². The van der Waals surface area contributed by atoms with Gasteiger partial charge in [0.05, 0.1) is 12.0 Å². The lowest BCUT2D eigenvalue weighted by atomic mass is 10.1. The fraction of sp³-hybridized carbons (Fsp3) is 0.290. The van der Waals surface area contributed by atoms with Crippen LogP contribution in [0.15, 0.2) is 87.1 Å². The molecule has 1 fully saturated rings. The van der Waals surface area contributed by atoms with Crippen molar-refractivity contribution in [2.75, 3.05) is 43.4 Å². The largest absolute Gasteiger partial charge is 0.505 e. The van der Waals surface area contributed by atoms with E-state index in [0.29, 0.717) is 49.7 Å². The zero-order valence-corrected chi connectivity index (χ0v) is 24.0. The van der Waals surface area contributed by atoms with Crippen LogP contribution < -0.4 is 21.5 Å². The molecular weight excluding hydrogens is 524 g/mol. The molecule has 10 heteroatoms. The maximum absolute atomic E-state index is 11.8. The second-order valence-corrected chi connectivity index (χ2v) is 8.74. The molecule has 41 heavy (non-hydrogen) atoms. The van der Waals surface area contributed by atoms with Crippen molar-refractivity contribution in [2.45, 2.75) is 27.7 Å². The van der Waals surface area contributed by atoms with Crippen molar-refractivity contribution in [3.63, 3.8) is 0 Å². The first kappa shape index (κ1) is 32.4. The third-order valence-electron chi connectivity index (χ3n) is 6.12. The first-order valence-corrected chi connectivity index (χ1v) is 13.4. The lowest BCUT2D eigenvalue weighted by molar-refractivity contribution is -0.119. The maximum Gasteiger partial charge on any atom is 0.289 e. The molecule has 1 aliphatic heterocycles. The zero-order valence-electron chi connectivity index (χ0n) is 24.0. The maximum atomic E-state index is 11.8. The monoisotopic (exact) mass is 562 g/mol. The molecule has 0 radical (unpaired) electrons. The number of aryl methyl sites for hydroxylation is 1. The normalized spacial score (nSPS) is 13.1. The number of carbonyl (C=O) groups excluding carboxylic acids is 2. The molecule has 0 saturated carbocycles. The summed E-state index contributed by atoms with van der Waals surface area (Å²) in [5, 5.41) is 15.8. The number of para-hydroxylation sites is 1. The van der Waals surface area contributed by atoms with Crippen LogP contribution in [0.2, 0.25) is 0 Å². The molecule has 10 nitrogen and oxygen atoms in total. The van der Waals surface area contributed by atoms with Crippen molar-refractivity contribution in [1.82, 2.24) is 9.80 Å². The van der Waals surface area contributed by atoms with Crippen LogP contribution in [0.25, 0.3) is 0 Å². The Morgan fingerprint density at radius 2 is 1.76 bits per heavy atom. The molecule has 0 atom stereocenters. The van der Waals surface area contributed by atoms with Crippen molar-refractivity contribution in [3.05, 3.63) is 105 Å². The molecule has 2 heterocycles. The Balaban J connectivity index is 0.000000296. The quantitative estimate of drug-likeness (QED) is 0.152. The number of amides is 2. The number of rotatable bonds is 9. The second kappa shape index (κ2) is 16.3. The number of benzene rings is 1. The first-order valence-electron chi connectivity index (χ1n) is 13.4. The lowest BCUT2D eigenvalue weighted by Crippen LogP contribution is -2.48. The number of furan rings is 1. The number of piperazine rings is 1. The van der Waals surface area contributed by atoms with Crippen LogP contribution in [0.4, 0.5) is 17.1 Å². The number of phenolic OH excluding ortho intramolecular Hbond substituents is 1. The molecule has 1 aromatic heterocycles. The van der Waals surface area contributed by atoms with Crippen molar-refractivity contribution < 1.29 is 19.1 Å². The number of hydrogen-bond donors (Lipinski definition) is 3. The van der Waals surface area contributed by atoms with Crippen LogP contribution in [-0.2, 0) is 4.79 Å². The van der Waals surface area contributed by atoms with Gasteiger partial charge in [0, 0.05) is 32.7 Å². The molecule has 0 aliphatic carbocycles. The van der Waals surface area contributed by atoms with E-state index in [2.05, 4.69) is 17.2 Å². The SMILES string of the molecule is C=C/C(=C\C=C/C)CNc1c(Nc2cccc(C)c2O)c(=O)c1=O.CC.O=CN1CCN(C(=O)c2ccco2)CC1. The van der Waals surface area contributed by atoms with E-state index in [1.54, 1.807) is 53.1 Å². The van der Waals surface area contributed by atoms with Crippen molar-refractivity contribution in [1.29, 1.82) is 0 Å². The van der Waals surface area contributed by atoms with E-state index in [9.17, 15) is 24.3 Å². The average molecular weight is 563 g/mol. The van der Waals surface area contributed by atoms with Gasteiger partial charge in [-0.2, -0.15) is 0 Å². The molecule has 3 aromatic rings. The lowest BCUT2D eigenvalue weighted by Gasteiger charge is -2.31. The fourth-order valence-corrected chi connectivity index (χ4v) is 3.77. The Hall–Kier alpha value is -4.86. The van der Waals surface area contributed by atoms with Crippen LogP contribution >= 0.6 is 0 Å². The van der Waals surface area contributed by atoms with Crippen LogP contribution in [0.5, 0.6) is 5.75 Å². The van der Waals surface area contributed by atoms with E-state index < -0.39 is 10.9 Å². The smallest absolute Gasteiger partial charge is 0.289 e. The highest BCUT2D eigenvalue weighted by Gasteiger charge is 2.23. The van der Waals surface area contributed by atoms with Gasteiger partial charge in [0.25, 0.3) is 16.8 Å². The van der Waals surface area contributed by atoms with Gasteiger partial charge in [-0.3, -0.25) is 19.2 Å². The van der Waals surface area contributed by atoms with Gasteiger partial charge in [0.2, 0.25) is 6.41 Å². The Morgan fingerprint density at radius 1 is 1.07 bits per heavy atom. The molecule has 0 bridgehead atoms. The molecule has 1 aliphatic rings. The van der Waals surface area contributed by atoms with E-state index >= 15 is 0 Å². The Morgan fingerprint density at radius 3 is 2.34 bits per heavy atom. The van der Waals surface area contributed by atoms with Gasteiger partial charge in [-0.1, -0.05) is 56.9 Å². The van der Waals surface area contributed by atoms with Crippen molar-refractivity contribution in [3.8, 4) is 5.75 Å². The van der Waals surface area contributed by atoms with E-state index in [1.165, 1.54) is 6.26 Å². The van der Waals surface area contributed by atoms with E-state index in [-0.39, 0.29) is 23.0 Å². The first-order chi connectivity index (χ1) is 19.8. The van der Waals surface area contributed by atoms with Crippen molar-refractivity contribution in [2.24, 2.45) is 0 Å². The molecule has 218 valence electrons. The van der Waals surface area contributed by atoms with Gasteiger partial charge >= 0.3 is 0 Å². The number of anilines is 3. The molecule has 0 unspecified atom stereocenters. The highest BCUT2D eigenvalue weighted by atomic mass is 16.3. The molecule has 0 spiro atoms. The third kappa shape index (κ3) is 8.56. The topological polar surface area (TPSA) is 132 Å². The minimum absolute atomic E-state index is 0.0521. The summed E-state index contributed by atoms with van der Waals surface area (Å²) < 4.78 is 5.03. The summed E-state index contributed by atoms with van der Waals surface area (Å²) >= 11 is 0. The zero-order chi connectivity index (χ0) is 30.4. The summed E-state index contributed by atoms with van der Waals surface area (Å²) in [4.78, 5) is 49.2. The van der Waals surface area contributed by atoms with Gasteiger partial charge in [-0.15, -0.1) is 0 Å². The molecule has 4 rings (SSSR count). The third-order valence-corrected chi connectivity index (χ3v) is 6.12. The van der Waals surface area contributed by atoms with E-state index in [1.807, 2.05) is 39.0 Å². The van der Waals surface area contributed by atoms with Gasteiger partial charge in [0.1, 0.15) is 17.1 Å². The number of allylic oxidation sites excluding steroid dienone is 3. The summed E-state index contributed by atoms with van der Waals surface area (Å²) in [7, 11) is 0. The molecular formula is C31H38N4O6. The number of carbonyl (C=O) groups is 2. The standard InChI is InChI=1S/C19H20N2O3.C10H12N2O3.C2H6/c1-4-6-9-13(5-2)11-20-15-16(19(24)18(15)23)21-14-10-7-8-12(3)17(14)22;13-8-11-3-5-12(6-4-11)10(14)9-2-1-7-15-9;1-2/h4-10,20-22H,2,11H2,1,3H3;1-2,7-8H,3-6H2;1-2H3/b6-4-,13-9+;;. The molecule has 2 amide bonds. The predicted molar refractivity (Wildman–Crippen MR) is 163 cm³/mol. The molecule has 1 saturated heterocycles. The van der Waals surface area contributed by atoms with Gasteiger partial charge in [-0.05, 0) is 43.2 Å². The van der Waals surface area contributed by atoms with E-state index in [4.69, 9.17) is 4.42 Å². The van der Waals surface area contributed by atoms with Gasteiger partial charge in [0.15, 0.2) is 5.76 Å². The van der Waals surface area contributed by atoms with Crippen LogP contribution in [0, 0.1) is 6.92 Å². The highest BCUT2D eigenvalue weighted by molar-refractivity contribution is 5.91. The summed E-state index contributed by atoms with van der Waals surface area (Å²) in [5.74, 6) is 0.302. The Bertz CT molecular complexity index is 1420. The van der Waals surface area contributed by atoms with E-state index in [0.717, 1.165) is 12.0 Å². The molecule has 3 N–H and O–H groups in total. The second-order valence-electron chi connectivity index (χ2n) is 8.74. The minimum Gasteiger partial charge on any atom is -0.505 e. The van der Waals surface area contributed by atoms with Gasteiger partial charge < -0.3 is 30.0 Å². The molecule has 2 aromatic carbocycles. The summed E-state index contributed by atoms with van der Waals surface area (Å²) in [6.45, 7) is 14.1. The average Bonchev–Trinajstić information content (AvgIpc) is 3.56. The van der Waals surface area contributed by atoms with Crippen LogP contribution in [-0.4, -0.2) is 59.9 Å². The number of phenols is 1. The number of nitrogens with one attached hydrogen (secondary N) is 2.